The minimum atomic E-state index is -0.0463. The number of epoxide rings is 1. The van der Waals surface area contributed by atoms with Crippen molar-refractivity contribution in [1.29, 1.82) is 0 Å². The minimum Gasteiger partial charge on any atom is -0.365 e. The van der Waals surface area contributed by atoms with Crippen LogP contribution in [0.15, 0.2) is 0 Å². The van der Waals surface area contributed by atoms with Gasteiger partial charge in [0, 0.05) is 0 Å². The van der Waals surface area contributed by atoms with Gasteiger partial charge in [-0.1, -0.05) is 0 Å². The first-order chi connectivity index (χ1) is 2.43. The lowest BCUT2D eigenvalue weighted by Crippen LogP contribution is -1.79. The largest absolute Gasteiger partial charge is 0.365 e. The van der Waals surface area contributed by atoms with Crippen molar-refractivity contribution < 1.29 is 9.53 Å². The molecule has 28 valence electrons. The normalized spacial score (nSPS) is 33.2. The Kier molecular flexibility index (Phi) is 0.451. The summed E-state index contributed by atoms with van der Waals surface area (Å²) >= 11 is 0. The summed E-state index contributed by atoms with van der Waals surface area (Å²) in [6.45, 7) is 0.642. The molecule has 1 atom stereocenters. The van der Waals surface area contributed by atoms with Gasteiger partial charge in [0.15, 0.2) is 6.29 Å². The van der Waals surface area contributed by atoms with Crippen molar-refractivity contribution in [3.63, 3.8) is 0 Å². The number of ether oxygens (including phenoxy) is 1. The van der Waals surface area contributed by atoms with Crippen LogP contribution in [0.3, 0.4) is 0 Å². The Morgan fingerprint density at radius 1 is 2.00 bits per heavy atom. The number of hydrogen-bond acceptors (Lipinski definition) is 2. The van der Waals surface area contributed by atoms with Crippen LogP contribution in [0.2, 0.25) is 0 Å². The van der Waals surface area contributed by atoms with Crippen molar-refractivity contribution in [2.75, 3.05) is 6.61 Å². The summed E-state index contributed by atoms with van der Waals surface area (Å²) in [5.41, 5.74) is 0. The van der Waals surface area contributed by atoms with Gasteiger partial charge in [0.05, 0.1) is 6.61 Å². The van der Waals surface area contributed by atoms with Crippen molar-refractivity contribution >= 4 is 6.29 Å². The highest BCUT2D eigenvalue weighted by Crippen LogP contribution is 2.02. The first-order valence-corrected chi connectivity index (χ1v) is 1.50. The molecule has 2 heteroatoms. The molecule has 0 saturated carbocycles. The highest BCUT2D eigenvalue weighted by Gasteiger charge is 2.19. The molecule has 0 bridgehead atoms. The van der Waals surface area contributed by atoms with E-state index in [2.05, 4.69) is 4.74 Å². The molecule has 1 saturated heterocycles. The second-order valence-electron chi connectivity index (χ2n) is 1.01. The molecule has 0 aromatic rings. The molecule has 0 N–H and O–H groups in total. The van der Waals surface area contributed by atoms with Gasteiger partial charge < -0.3 is 9.53 Å². The molecule has 1 heterocycles. The Morgan fingerprint density at radius 3 is 2.60 bits per heavy atom. The van der Waals surface area contributed by atoms with Crippen LogP contribution in [-0.2, 0) is 9.53 Å². The van der Waals surface area contributed by atoms with E-state index in [0.717, 1.165) is 6.29 Å². The zero-order valence-corrected chi connectivity index (χ0v) is 2.68. The van der Waals surface area contributed by atoms with Crippen LogP contribution in [0.4, 0.5) is 0 Å². The average Bonchev–Trinajstić information content (AvgIpc) is 2.12. The Hall–Kier alpha value is -0.370. The van der Waals surface area contributed by atoms with Crippen molar-refractivity contribution in [3.8, 4) is 0 Å². The van der Waals surface area contributed by atoms with E-state index in [4.69, 9.17) is 0 Å². The average molecular weight is 72.1 g/mol. The molecule has 1 aliphatic heterocycles. The highest BCUT2D eigenvalue weighted by atomic mass is 16.6. The lowest BCUT2D eigenvalue weighted by atomic mass is 10.6. The Labute approximate surface area is 29.7 Å². The van der Waals surface area contributed by atoms with E-state index in [0.29, 0.717) is 6.61 Å². The summed E-state index contributed by atoms with van der Waals surface area (Å²) in [4.78, 5) is 9.44. The first-order valence-electron chi connectivity index (χ1n) is 1.50. The second kappa shape index (κ2) is 0.792. The van der Waals surface area contributed by atoms with Gasteiger partial charge in [-0.2, -0.15) is 0 Å². The molecule has 0 unspecified atom stereocenters. The Morgan fingerprint density at radius 2 is 2.60 bits per heavy atom. The predicted molar refractivity (Wildman–Crippen MR) is 15.8 cm³/mol. The molecule has 1 aliphatic rings. The van der Waals surface area contributed by atoms with Gasteiger partial charge in [0.1, 0.15) is 6.10 Å². The summed E-state index contributed by atoms with van der Waals surface area (Å²) in [6, 6.07) is 0. The van der Waals surface area contributed by atoms with Gasteiger partial charge in [-0.05, 0) is 0 Å². The fraction of sp³-hybridized carbons (Fsp3) is 0.667. The van der Waals surface area contributed by atoms with Crippen molar-refractivity contribution in [2.45, 2.75) is 6.10 Å². The lowest BCUT2D eigenvalue weighted by Gasteiger charge is -1.53. The zero-order chi connectivity index (χ0) is 3.70. The Bertz CT molecular complexity index is 46.9. The number of rotatable bonds is 1. The molecule has 2 nitrogen and oxygen atoms in total. The van der Waals surface area contributed by atoms with E-state index in [-0.39, 0.29) is 6.10 Å². The Balaban J connectivity index is 2.21. The SMILES string of the molecule is O=C[C@@H]1CO1. The quantitative estimate of drug-likeness (QED) is 0.311. The molecule has 0 aromatic heterocycles. The molecule has 0 aromatic carbocycles. The number of aldehydes is 1. The van der Waals surface area contributed by atoms with Crippen LogP contribution in [0.1, 0.15) is 0 Å². The fourth-order valence-corrected chi connectivity index (χ4v) is 0.134. The minimum absolute atomic E-state index is 0.0463. The van der Waals surface area contributed by atoms with Crippen molar-refractivity contribution in [2.24, 2.45) is 0 Å². The molecular formula is C3H4O2. The molecule has 5 heavy (non-hydrogen) atoms. The summed E-state index contributed by atoms with van der Waals surface area (Å²) in [6.07, 6.45) is 0.759. The fourth-order valence-electron chi connectivity index (χ4n) is 0.134. The summed E-state index contributed by atoms with van der Waals surface area (Å²) in [5.74, 6) is 0. The number of carbonyl (C=O) groups excluding carboxylic acids is 1. The zero-order valence-electron chi connectivity index (χ0n) is 2.68. The van der Waals surface area contributed by atoms with E-state index < -0.39 is 0 Å². The van der Waals surface area contributed by atoms with Gasteiger partial charge >= 0.3 is 0 Å². The predicted octanol–water partition coefficient (Wildman–Crippen LogP) is -0.416. The van der Waals surface area contributed by atoms with E-state index in [1.54, 1.807) is 0 Å². The standard InChI is InChI=1S/C3H4O2/c4-1-3-2-5-3/h1,3H,2H2/t3-/m1/s1. The van der Waals surface area contributed by atoms with Gasteiger partial charge in [-0.25, -0.2) is 0 Å². The van der Waals surface area contributed by atoms with Crippen LogP contribution in [-0.4, -0.2) is 19.0 Å². The third-order valence-electron chi connectivity index (χ3n) is 0.511. The first kappa shape index (κ1) is 2.85. The smallest absolute Gasteiger partial charge is 0.151 e. The van der Waals surface area contributed by atoms with Gasteiger partial charge in [0.2, 0.25) is 0 Å². The van der Waals surface area contributed by atoms with E-state index >= 15 is 0 Å². The van der Waals surface area contributed by atoms with Crippen LogP contribution < -0.4 is 0 Å². The van der Waals surface area contributed by atoms with Crippen LogP contribution in [0, 0.1) is 0 Å². The molecule has 0 amide bonds. The molecular weight excluding hydrogens is 68.0 g/mol. The van der Waals surface area contributed by atoms with Crippen LogP contribution >= 0.6 is 0 Å². The van der Waals surface area contributed by atoms with Gasteiger partial charge in [-0.3, -0.25) is 0 Å². The third kappa shape index (κ3) is 0.450. The van der Waals surface area contributed by atoms with Crippen LogP contribution in [0.5, 0.6) is 0 Å². The summed E-state index contributed by atoms with van der Waals surface area (Å²) in [7, 11) is 0. The number of carbonyl (C=O) groups is 1. The molecule has 0 aliphatic carbocycles. The summed E-state index contributed by atoms with van der Waals surface area (Å²) in [5, 5.41) is 0. The maximum Gasteiger partial charge on any atom is 0.151 e. The molecule has 1 rings (SSSR count). The number of hydrogen-bond donors (Lipinski definition) is 0. The van der Waals surface area contributed by atoms with E-state index in [9.17, 15) is 4.79 Å². The second-order valence-corrected chi connectivity index (χ2v) is 1.01. The lowest BCUT2D eigenvalue weighted by molar-refractivity contribution is -0.108. The van der Waals surface area contributed by atoms with Crippen molar-refractivity contribution in [3.05, 3.63) is 0 Å². The monoisotopic (exact) mass is 72.0 g/mol. The maximum absolute atomic E-state index is 9.44. The van der Waals surface area contributed by atoms with E-state index in [1.807, 2.05) is 0 Å². The van der Waals surface area contributed by atoms with Crippen LogP contribution in [0.25, 0.3) is 0 Å². The molecule has 0 radical (unpaired) electrons. The third-order valence-corrected chi connectivity index (χ3v) is 0.511. The summed E-state index contributed by atoms with van der Waals surface area (Å²) < 4.78 is 4.49. The van der Waals surface area contributed by atoms with Gasteiger partial charge in [-0.15, -0.1) is 0 Å². The van der Waals surface area contributed by atoms with Crippen molar-refractivity contribution in [1.82, 2.24) is 0 Å². The highest BCUT2D eigenvalue weighted by molar-refractivity contribution is 5.58. The maximum atomic E-state index is 9.44. The molecule has 1 fully saturated rings. The molecule has 0 spiro atoms. The van der Waals surface area contributed by atoms with Gasteiger partial charge in [0.25, 0.3) is 0 Å². The topological polar surface area (TPSA) is 29.6 Å². The van der Waals surface area contributed by atoms with E-state index in [1.165, 1.54) is 0 Å².